The molecule has 0 aliphatic rings. The molecular weight excluding hydrogens is 236 g/mol. The van der Waals surface area contributed by atoms with Crippen LogP contribution in [0.1, 0.15) is 24.3 Å². The first-order valence-electron chi connectivity index (χ1n) is 6.56. The maximum Gasteiger partial charge on any atom is 0.0781 e. The number of para-hydroxylation sites is 1. The van der Waals surface area contributed by atoms with Crippen LogP contribution in [-0.4, -0.2) is 23.7 Å². The lowest BCUT2D eigenvalue weighted by Gasteiger charge is -2.23. The number of hydrogen-bond acceptors (Lipinski definition) is 3. The average molecular weight is 256 g/mol. The highest BCUT2D eigenvalue weighted by Gasteiger charge is 2.10. The van der Waals surface area contributed by atoms with Crippen LogP contribution in [0.25, 0.3) is 0 Å². The fraction of sp³-hybridized carbons (Fsp3) is 0.312. The fourth-order valence-corrected chi connectivity index (χ4v) is 2.14. The minimum absolute atomic E-state index is 0.450. The summed E-state index contributed by atoms with van der Waals surface area (Å²) in [4.78, 5) is 6.49. The zero-order valence-electron chi connectivity index (χ0n) is 11.5. The van der Waals surface area contributed by atoms with Gasteiger partial charge in [-0.15, -0.1) is 0 Å². The molecule has 100 valence electrons. The zero-order valence-corrected chi connectivity index (χ0v) is 11.5. The van der Waals surface area contributed by atoms with Crippen molar-refractivity contribution in [1.82, 2.24) is 4.98 Å². The van der Waals surface area contributed by atoms with Crippen molar-refractivity contribution in [2.75, 3.05) is 18.5 Å². The van der Waals surface area contributed by atoms with Crippen LogP contribution in [0.15, 0.2) is 48.7 Å². The smallest absolute Gasteiger partial charge is 0.0781 e. The standard InChI is InChI=1S/C16H20N2O/c1-13(19)15-8-3-4-9-16(15)18(2)12-10-14-7-5-6-11-17-14/h3-9,11,13,19H,10,12H2,1-2H3. The van der Waals surface area contributed by atoms with Crippen LogP contribution in [0.5, 0.6) is 0 Å². The molecule has 1 N–H and O–H groups in total. The van der Waals surface area contributed by atoms with Crippen molar-refractivity contribution in [2.45, 2.75) is 19.4 Å². The van der Waals surface area contributed by atoms with Gasteiger partial charge in [0.2, 0.25) is 0 Å². The second-order valence-corrected chi connectivity index (χ2v) is 4.73. The van der Waals surface area contributed by atoms with E-state index in [1.165, 1.54) is 0 Å². The van der Waals surface area contributed by atoms with Crippen molar-refractivity contribution >= 4 is 5.69 Å². The molecule has 0 radical (unpaired) electrons. The number of aliphatic hydroxyl groups excluding tert-OH is 1. The van der Waals surface area contributed by atoms with E-state index < -0.39 is 6.10 Å². The summed E-state index contributed by atoms with van der Waals surface area (Å²) in [6, 6.07) is 13.9. The first kappa shape index (κ1) is 13.6. The molecule has 1 heterocycles. The SMILES string of the molecule is CC(O)c1ccccc1N(C)CCc1ccccn1. The summed E-state index contributed by atoms with van der Waals surface area (Å²) in [5.74, 6) is 0. The maximum atomic E-state index is 9.80. The van der Waals surface area contributed by atoms with E-state index in [-0.39, 0.29) is 0 Å². The molecule has 0 spiro atoms. The van der Waals surface area contributed by atoms with Gasteiger partial charge in [0.25, 0.3) is 0 Å². The molecule has 2 aromatic rings. The fourth-order valence-electron chi connectivity index (χ4n) is 2.14. The van der Waals surface area contributed by atoms with E-state index in [1.54, 1.807) is 6.92 Å². The minimum atomic E-state index is -0.450. The Bertz CT molecular complexity index is 511. The highest BCUT2D eigenvalue weighted by Crippen LogP contribution is 2.25. The Morgan fingerprint density at radius 1 is 1.16 bits per heavy atom. The van der Waals surface area contributed by atoms with Gasteiger partial charge in [-0.25, -0.2) is 0 Å². The molecule has 0 saturated carbocycles. The Hall–Kier alpha value is -1.87. The Morgan fingerprint density at radius 3 is 2.58 bits per heavy atom. The molecule has 0 aliphatic carbocycles. The number of anilines is 1. The molecule has 3 nitrogen and oxygen atoms in total. The topological polar surface area (TPSA) is 36.4 Å². The van der Waals surface area contributed by atoms with Gasteiger partial charge in [-0.2, -0.15) is 0 Å². The van der Waals surface area contributed by atoms with Gasteiger partial charge in [0, 0.05) is 43.2 Å². The van der Waals surface area contributed by atoms with Crippen molar-refractivity contribution in [3.05, 3.63) is 59.9 Å². The van der Waals surface area contributed by atoms with Crippen molar-refractivity contribution < 1.29 is 5.11 Å². The van der Waals surface area contributed by atoms with Crippen LogP contribution in [-0.2, 0) is 6.42 Å². The monoisotopic (exact) mass is 256 g/mol. The third kappa shape index (κ3) is 3.55. The average Bonchev–Trinajstić information content (AvgIpc) is 2.46. The minimum Gasteiger partial charge on any atom is -0.389 e. The molecule has 0 aliphatic heterocycles. The van der Waals surface area contributed by atoms with Crippen LogP contribution < -0.4 is 4.90 Å². The second-order valence-electron chi connectivity index (χ2n) is 4.73. The van der Waals surface area contributed by atoms with Crippen LogP contribution in [0.2, 0.25) is 0 Å². The van der Waals surface area contributed by atoms with E-state index in [0.717, 1.165) is 29.9 Å². The van der Waals surface area contributed by atoms with E-state index in [0.29, 0.717) is 0 Å². The third-order valence-electron chi connectivity index (χ3n) is 3.23. The lowest BCUT2D eigenvalue weighted by Crippen LogP contribution is -2.22. The molecule has 1 atom stereocenters. The first-order valence-corrected chi connectivity index (χ1v) is 6.56. The Labute approximate surface area is 114 Å². The number of nitrogens with zero attached hydrogens (tertiary/aromatic N) is 2. The van der Waals surface area contributed by atoms with Crippen LogP contribution in [0, 0.1) is 0 Å². The summed E-state index contributed by atoms with van der Waals surface area (Å²) in [6.07, 6.45) is 2.26. The van der Waals surface area contributed by atoms with Crippen molar-refractivity contribution in [1.29, 1.82) is 0 Å². The highest BCUT2D eigenvalue weighted by molar-refractivity contribution is 5.54. The molecule has 2 rings (SSSR count). The van der Waals surface area contributed by atoms with Gasteiger partial charge < -0.3 is 10.0 Å². The van der Waals surface area contributed by atoms with E-state index in [1.807, 2.05) is 55.7 Å². The maximum absolute atomic E-state index is 9.80. The number of benzene rings is 1. The molecule has 1 aromatic carbocycles. The lowest BCUT2D eigenvalue weighted by atomic mass is 10.1. The molecular formula is C16H20N2O. The van der Waals surface area contributed by atoms with Gasteiger partial charge in [-0.1, -0.05) is 24.3 Å². The molecule has 1 unspecified atom stereocenters. The number of pyridine rings is 1. The molecule has 19 heavy (non-hydrogen) atoms. The summed E-state index contributed by atoms with van der Waals surface area (Å²) < 4.78 is 0. The molecule has 0 fully saturated rings. The lowest BCUT2D eigenvalue weighted by molar-refractivity contribution is 0.199. The predicted octanol–water partition coefficient (Wildman–Crippen LogP) is 2.81. The third-order valence-corrected chi connectivity index (χ3v) is 3.23. The summed E-state index contributed by atoms with van der Waals surface area (Å²) >= 11 is 0. The quantitative estimate of drug-likeness (QED) is 0.893. The summed E-state index contributed by atoms with van der Waals surface area (Å²) in [6.45, 7) is 2.67. The number of likely N-dealkylation sites (N-methyl/N-ethyl adjacent to an activating group) is 1. The normalized spacial score (nSPS) is 12.2. The van der Waals surface area contributed by atoms with Crippen LogP contribution in [0.4, 0.5) is 5.69 Å². The number of rotatable bonds is 5. The van der Waals surface area contributed by atoms with Gasteiger partial charge in [0.1, 0.15) is 0 Å². The predicted molar refractivity (Wildman–Crippen MR) is 78.3 cm³/mol. The van der Waals surface area contributed by atoms with Crippen molar-refractivity contribution in [2.24, 2.45) is 0 Å². The summed E-state index contributed by atoms with van der Waals surface area (Å²) in [5.41, 5.74) is 3.13. The number of aromatic nitrogens is 1. The van der Waals surface area contributed by atoms with Gasteiger partial charge in [0.15, 0.2) is 0 Å². The Morgan fingerprint density at radius 2 is 1.89 bits per heavy atom. The molecule has 1 aromatic heterocycles. The number of aliphatic hydroxyl groups is 1. The van der Waals surface area contributed by atoms with Gasteiger partial charge in [0.05, 0.1) is 6.10 Å². The van der Waals surface area contributed by atoms with Crippen molar-refractivity contribution in [3.8, 4) is 0 Å². The second kappa shape index (κ2) is 6.34. The summed E-state index contributed by atoms with van der Waals surface area (Å²) in [5, 5.41) is 9.80. The highest BCUT2D eigenvalue weighted by atomic mass is 16.3. The Kier molecular flexibility index (Phi) is 4.53. The van der Waals surface area contributed by atoms with Crippen molar-refractivity contribution in [3.63, 3.8) is 0 Å². The van der Waals surface area contributed by atoms with Crippen LogP contribution >= 0.6 is 0 Å². The molecule has 0 amide bonds. The molecule has 0 bridgehead atoms. The first-order chi connectivity index (χ1) is 9.18. The number of hydrogen-bond donors (Lipinski definition) is 1. The van der Waals surface area contributed by atoms with E-state index in [4.69, 9.17) is 0 Å². The van der Waals surface area contributed by atoms with Crippen LogP contribution in [0.3, 0.4) is 0 Å². The van der Waals surface area contributed by atoms with Gasteiger partial charge in [-0.05, 0) is 25.1 Å². The largest absolute Gasteiger partial charge is 0.389 e. The molecule has 3 heteroatoms. The molecule has 0 saturated heterocycles. The van der Waals surface area contributed by atoms with E-state index in [9.17, 15) is 5.11 Å². The van der Waals surface area contributed by atoms with E-state index >= 15 is 0 Å². The Balaban J connectivity index is 2.06. The van der Waals surface area contributed by atoms with Gasteiger partial charge >= 0.3 is 0 Å². The van der Waals surface area contributed by atoms with Gasteiger partial charge in [-0.3, -0.25) is 4.98 Å². The summed E-state index contributed by atoms with van der Waals surface area (Å²) in [7, 11) is 2.05. The van der Waals surface area contributed by atoms with E-state index in [2.05, 4.69) is 9.88 Å². The zero-order chi connectivity index (χ0) is 13.7.